The van der Waals surface area contributed by atoms with Crippen LogP contribution in [0.4, 0.5) is 5.69 Å². The minimum atomic E-state index is -0.720. The van der Waals surface area contributed by atoms with E-state index in [2.05, 4.69) is 0 Å². The lowest BCUT2D eigenvalue weighted by Gasteiger charge is -2.13. The van der Waals surface area contributed by atoms with Gasteiger partial charge in [0.1, 0.15) is 6.07 Å². The van der Waals surface area contributed by atoms with E-state index in [1.165, 1.54) is 23.9 Å². The van der Waals surface area contributed by atoms with Gasteiger partial charge in [-0.05, 0) is 18.2 Å². The smallest absolute Gasteiger partial charge is 0.357 e. The molecule has 3 rings (SSSR count). The van der Waals surface area contributed by atoms with Crippen LogP contribution in [0, 0.1) is 11.3 Å². The lowest BCUT2D eigenvalue weighted by molar-refractivity contribution is 0.0592. The molecule has 7 heteroatoms. The molecule has 0 radical (unpaired) electrons. The first-order chi connectivity index (χ1) is 13.0. The first-order valence-electron chi connectivity index (χ1n) is 7.86. The number of methoxy groups -OCH3 is 1. The summed E-state index contributed by atoms with van der Waals surface area (Å²) in [6, 6.07) is 15.3. The summed E-state index contributed by atoms with van der Waals surface area (Å²) in [5, 5.41) is 9.63. The number of halogens is 1. The number of anilines is 1. The van der Waals surface area contributed by atoms with Gasteiger partial charge in [-0.2, -0.15) is 5.26 Å². The Bertz CT molecular complexity index is 1080. The molecule has 1 aromatic heterocycles. The van der Waals surface area contributed by atoms with Crippen molar-refractivity contribution in [3.8, 4) is 11.8 Å². The zero-order valence-corrected chi connectivity index (χ0v) is 15.0. The highest BCUT2D eigenvalue weighted by molar-refractivity contribution is 6.31. The molecule has 0 unspecified atom stereocenters. The number of carbonyl (C=O) groups is 2. The molecule has 0 fully saturated rings. The average Bonchev–Trinajstić information content (AvgIpc) is 3.03. The molecular weight excluding hydrogens is 366 g/mol. The minimum absolute atomic E-state index is 0.0163. The van der Waals surface area contributed by atoms with Crippen LogP contribution in [0.15, 0.2) is 54.7 Å². The Morgan fingerprint density at radius 1 is 1.19 bits per heavy atom. The molecule has 0 aliphatic rings. The summed E-state index contributed by atoms with van der Waals surface area (Å²) < 4.78 is 6.17. The van der Waals surface area contributed by atoms with Crippen LogP contribution < -0.4 is 5.73 Å². The molecule has 0 aliphatic carbocycles. The average molecular weight is 380 g/mol. The molecule has 0 saturated heterocycles. The summed E-state index contributed by atoms with van der Waals surface area (Å²) >= 11 is 6.10. The third-order valence-electron chi connectivity index (χ3n) is 4.04. The van der Waals surface area contributed by atoms with Crippen molar-refractivity contribution in [3.63, 3.8) is 0 Å². The van der Waals surface area contributed by atoms with E-state index in [1.807, 2.05) is 6.07 Å². The first kappa shape index (κ1) is 18.2. The van der Waals surface area contributed by atoms with Gasteiger partial charge in [0.05, 0.1) is 24.0 Å². The Labute approximate surface area is 160 Å². The molecule has 0 bridgehead atoms. The van der Waals surface area contributed by atoms with Crippen molar-refractivity contribution in [3.05, 3.63) is 82.1 Å². The van der Waals surface area contributed by atoms with Crippen molar-refractivity contribution >= 4 is 29.0 Å². The van der Waals surface area contributed by atoms with Crippen LogP contribution in [0.2, 0.25) is 5.02 Å². The number of carbonyl (C=O) groups excluding carboxylic acids is 2. The molecule has 0 atom stereocenters. The second kappa shape index (κ2) is 7.36. The van der Waals surface area contributed by atoms with Gasteiger partial charge >= 0.3 is 5.97 Å². The molecule has 2 aromatic carbocycles. The van der Waals surface area contributed by atoms with E-state index in [0.717, 1.165) is 0 Å². The molecule has 0 spiro atoms. The standard InChI is InChI=1S/C20H14ClN3O3/c1-27-20(26)18-17(23)13(10-22)11-24(18)16-8-7-14(21)9-15(16)19(25)12-5-3-2-4-6-12/h2-9,11H,23H2,1H3. The van der Waals surface area contributed by atoms with Gasteiger partial charge in [0.2, 0.25) is 0 Å². The second-order valence-electron chi connectivity index (χ2n) is 5.64. The molecule has 3 aromatic rings. The number of nitrogen functional groups attached to an aromatic ring is 1. The number of nitrogens with zero attached hydrogens (tertiary/aromatic N) is 2. The normalized spacial score (nSPS) is 10.3. The lowest BCUT2D eigenvalue weighted by atomic mass is 10.0. The predicted octanol–water partition coefficient (Wildman–Crippen LogP) is 3.60. The van der Waals surface area contributed by atoms with Gasteiger partial charge in [0.15, 0.2) is 11.5 Å². The van der Waals surface area contributed by atoms with Crippen molar-refractivity contribution in [2.45, 2.75) is 0 Å². The van der Waals surface area contributed by atoms with E-state index in [-0.39, 0.29) is 28.3 Å². The summed E-state index contributed by atoms with van der Waals surface area (Å²) in [5.41, 5.74) is 7.08. The van der Waals surface area contributed by atoms with E-state index < -0.39 is 5.97 Å². The number of benzene rings is 2. The van der Waals surface area contributed by atoms with E-state index in [4.69, 9.17) is 22.1 Å². The molecular formula is C20H14ClN3O3. The Hall–Kier alpha value is -3.56. The molecule has 0 aliphatic heterocycles. The van der Waals surface area contributed by atoms with E-state index in [0.29, 0.717) is 16.3 Å². The van der Waals surface area contributed by atoms with Crippen LogP contribution in [-0.4, -0.2) is 23.4 Å². The van der Waals surface area contributed by atoms with Gasteiger partial charge in [-0.3, -0.25) is 4.79 Å². The third kappa shape index (κ3) is 3.28. The number of aromatic nitrogens is 1. The highest BCUT2D eigenvalue weighted by atomic mass is 35.5. The largest absolute Gasteiger partial charge is 0.464 e. The fourth-order valence-corrected chi connectivity index (χ4v) is 2.92. The minimum Gasteiger partial charge on any atom is -0.464 e. The van der Waals surface area contributed by atoms with Crippen LogP contribution >= 0.6 is 11.6 Å². The Morgan fingerprint density at radius 2 is 1.89 bits per heavy atom. The van der Waals surface area contributed by atoms with E-state index >= 15 is 0 Å². The van der Waals surface area contributed by atoms with Gasteiger partial charge in [0.25, 0.3) is 0 Å². The van der Waals surface area contributed by atoms with Crippen molar-refractivity contribution in [2.24, 2.45) is 0 Å². The number of nitrogens with two attached hydrogens (primary N) is 1. The lowest BCUT2D eigenvalue weighted by Crippen LogP contribution is -2.14. The predicted molar refractivity (Wildman–Crippen MR) is 101 cm³/mol. The van der Waals surface area contributed by atoms with Crippen LogP contribution in [0.3, 0.4) is 0 Å². The highest BCUT2D eigenvalue weighted by Gasteiger charge is 2.24. The SMILES string of the molecule is COC(=O)c1c(N)c(C#N)cn1-c1ccc(Cl)cc1C(=O)c1ccccc1. The quantitative estimate of drug-likeness (QED) is 0.551. The van der Waals surface area contributed by atoms with Crippen LogP contribution in [0.5, 0.6) is 0 Å². The first-order valence-corrected chi connectivity index (χ1v) is 8.24. The van der Waals surface area contributed by atoms with E-state index in [9.17, 15) is 14.9 Å². The second-order valence-corrected chi connectivity index (χ2v) is 6.07. The molecule has 0 amide bonds. The molecule has 0 saturated carbocycles. The zero-order chi connectivity index (χ0) is 19.6. The van der Waals surface area contributed by atoms with Crippen molar-refractivity contribution in [1.29, 1.82) is 5.26 Å². The maximum atomic E-state index is 13.0. The number of rotatable bonds is 4. The van der Waals surface area contributed by atoms with Crippen LogP contribution in [0.1, 0.15) is 32.0 Å². The van der Waals surface area contributed by atoms with E-state index in [1.54, 1.807) is 42.5 Å². The number of hydrogen-bond acceptors (Lipinski definition) is 5. The summed E-state index contributed by atoms with van der Waals surface area (Å²) in [7, 11) is 1.21. The molecule has 134 valence electrons. The number of hydrogen-bond donors (Lipinski definition) is 1. The Kier molecular flexibility index (Phi) is 4.97. The third-order valence-corrected chi connectivity index (χ3v) is 4.28. The zero-order valence-electron chi connectivity index (χ0n) is 14.3. The highest BCUT2D eigenvalue weighted by Crippen LogP contribution is 2.29. The number of esters is 1. The fraction of sp³-hybridized carbons (Fsp3) is 0.0500. The summed E-state index contributed by atoms with van der Waals surface area (Å²) in [5.74, 6) is -1.00. The molecule has 2 N–H and O–H groups in total. The monoisotopic (exact) mass is 379 g/mol. The Morgan fingerprint density at radius 3 is 2.52 bits per heavy atom. The van der Waals surface area contributed by atoms with Crippen molar-refractivity contribution in [2.75, 3.05) is 12.8 Å². The van der Waals surface area contributed by atoms with Crippen LogP contribution in [-0.2, 0) is 4.74 Å². The van der Waals surface area contributed by atoms with Gasteiger partial charge in [-0.15, -0.1) is 0 Å². The molecule has 27 heavy (non-hydrogen) atoms. The summed E-state index contributed by atoms with van der Waals surface area (Å²) in [4.78, 5) is 25.3. The molecule has 6 nitrogen and oxygen atoms in total. The number of ketones is 1. The fourth-order valence-electron chi connectivity index (χ4n) is 2.75. The van der Waals surface area contributed by atoms with Crippen molar-refractivity contribution in [1.82, 2.24) is 4.57 Å². The number of nitriles is 1. The van der Waals surface area contributed by atoms with Gasteiger partial charge in [-0.25, -0.2) is 4.79 Å². The topological polar surface area (TPSA) is 98.1 Å². The number of ether oxygens (including phenoxy) is 1. The van der Waals surface area contributed by atoms with Gasteiger partial charge < -0.3 is 15.0 Å². The van der Waals surface area contributed by atoms with Gasteiger partial charge in [0, 0.05) is 22.3 Å². The molecule has 1 heterocycles. The Balaban J connectivity index is 2.27. The van der Waals surface area contributed by atoms with Crippen molar-refractivity contribution < 1.29 is 14.3 Å². The maximum Gasteiger partial charge on any atom is 0.357 e. The van der Waals surface area contributed by atoms with Crippen LogP contribution in [0.25, 0.3) is 5.69 Å². The summed E-state index contributed by atoms with van der Waals surface area (Å²) in [6.45, 7) is 0. The van der Waals surface area contributed by atoms with Gasteiger partial charge in [-0.1, -0.05) is 41.9 Å². The summed E-state index contributed by atoms with van der Waals surface area (Å²) in [6.07, 6.45) is 1.40. The maximum absolute atomic E-state index is 13.0.